The summed E-state index contributed by atoms with van der Waals surface area (Å²) in [5.74, 6) is -1.09. The lowest BCUT2D eigenvalue weighted by Gasteiger charge is -2.42. The van der Waals surface area contributed by atoms with Crippen LogP contribution in [0.5, 0.6) is 5.75 Å². The summed E-state index contributed by atoms with van der Waals surface area (Å²) >= 11 is 0. The summed E-state index contributed by atoms with van der Waals surface area (Å²) in [6, 6.07) is 3.54. The number of phenols is 1. The van der Waals surface area contributed by atoms with Gasteiger partial charge in [0.15, 0.2) is 17.3 Å². The van der Waals surface area contributed by atoms with Gasteiger partial charge in [-0.1, -0.05) is 64.0 Å². The van der Waals surface area contributed by atoms with Crippen molar-refractivity contribution in [2.75, 3.05) is 26.5 Å². The van der Waals surface area contributed by atoms with Crippen LogP contribution in [0.15, 0.2) is 59.4 Å². The molecule has 10 atom stereocenters. The Bertz CT molecular complexity index is 2500. The summed E-state index contributed by atoms with van der Waals surface area (Å²) in [6.07, 6.45) is 7.55. The van der Waals surface area contributed by atoms with Crippen molar-refractivity contribution in [3.63, 3.8) is 0 Å². The van der Waals surface area contributed by atoms with E-state index in [4.69, 9.17) is 14.5 Å². The highest BCUT2D eigenvalue weighted by molar-refractivity contribution is 6.19. The second-order valence-corrected chi connectivity index (χ2v) is 16.1. The number of ketones is 1. The monoisotopic (exact) mass is 807 g/mol. The molecule has 6 rings (SSSR count). The first-order chi connectivity index (χ1) is 28.0. The minimum Gasteiger partial charge on any atom is -0.505 e. The van der Waals surface area contributed by atoms with Crippen molar-refractivity contribution in [1.82, 2.24) is 14.4 Å². The number of Topliss-reactive ketones (excluding diaryl/α,β-unsaturated/α-hetero) is 1. The fourth-order valence-corrected chi connectivity index (χ4v) is 8.61. The Kier molecular flexibility index (Phi) is 12.5. The molecule has 14 heteroatoms. The second-order valence-electron chi connectivity index (χ2n) is 16.1. The van der Waals surface area contributed by atoms with Gasteiger partial charge in [0.2, 0.25) is 0 Å². The number of carbonyl (C=O) groups excluding carboxylic acids is 3. The van der Waals surface area contributed by atoms with Crippen LogP contribution in [0.3, 0.4) is 0 Å². The number of carbonyl (C=O) groups is 3. The molecule has 2 aromatic heterocycles. The van der Waals surface area contributed by atoms with Crippen molar-refractivity contribution < 1.29 is 44.3 Å². The molecule has 1 aromatic carbocycles. The number of hydrogen-bond acceptors (Lipinski definition) is 12. The number of rotatable bonds is 4. The number of hydrazone groups is 1. The number of aliphatic hydroxyl groups is 3. The number of methoxy groups -OCH3 is 1. The number of aromatic nitrogens is 2. The van der Waals surface area contributed by atoms with Gasteiger partial charge in [-0.25, -0.2) is 4.98 Å². The molecule has 3 aromatic rings. The molecule has 1 amide bonds. The number of nitrogens with zero attached hydrogens (tertiary/aromatic N) is 4. The van der Waals surface area contributed by atoms with E-state index in [1.807, 2.05) is 6.92 Å². The van der Waals surface area contributed by atoms with Crippen LogP contribution >= 0.6 is 0 Å². The number of aliphatic hydroxyl groups excluding tert-OH is 3. The molecule has 3 heterocycles. The molecule has 0 saturated heterocycles. The third kappa shape index (κ3) is 8.15. The molecule has 0 fully saturated rings. The number of imidazole rings is 1. The zero-order valence-corrected chi connectivity index (χ0v) is 34.8. The fraction of sp³-hybridized carbons (Fsp3) is 0.444. The minimum atomic E-state index is -1.19. The largest absolute Gasteiger partial charge is 0.505 e. The topological polar surface area (TPSA) is 196 Å². The van der Waals surface area contributed by atoms with Gasteiger partial charge >= 0.3 is 5.97 Å². The SMILES string of the molecule is CO[C@H]1/C=C/CC(=O)C2=c3c4c(O)c(c5c3nc3ccc(/C=N/N(C)C)cn35)NC(=O)/C(C)=C\C=C\[C@H](C)[C@H](O)[C@@H](C)[C@@H](O)[C@@H](C)[C@H](OC(C)=O)[C@H]1C(C)C2C#CC=4O. The maximum atomic E-state index is 14.7. The molecule has 0 saturated carbocycles. The Morgan fingerprint density at radius 1 is 1.05 bits per heavy atom. The van der Waals surface area contributed by atoms with Crippen LogP contribution < -0.4 is 15.8 Å². The van der Waals surface area contributed by atoms with Crippen molar-refractivity contribution in [1.29, 1.82) is 0 Å². The van der Waals surface area contributed by atoms with Gasteiger partial charge < -0.3 is 40.2 Å². The zero-order valence-electron chi connectivity index (χ0n) is 34.8. The molecular weight excluding hydrogens is 755 g/mol. The molecule has 14 nitrogen and oxygen atoms in total. The molecule has 0 radical (unpaired) electrons. The number of anilines is 1. The van der Waals surface area contributed by atoms with E-state index in [2.05, 4.69) is 22.3 Å². The number of pyridine rings is 1. The van der Waals surface area contributed by atoms with E-state index >= 15 is 0 Å². The van der Waals surface area contributed by atoms with Crippen LogP contribution in [-0.4, -0.2) is 104 Å². The molecule has 3 aliphatic rings. The molecule has 1 aliphatic heterocycles. The van der Waals surface area contributed by atoms with Gasteiger partial charge in [-0.3, -0.25) is 18.8 Å². The number of allylic oxidation sites excluding steroid dienone is 3. The number of esters is 1. The smallest absolute Gasteiger partial charge is 0.302 e. The lowest BCUT2D eigenvalue weighted by atomic mass is 9.69. The molecule has 0 spiro atoms. The van der Waals surface area contributed by atoms with Crippen molar-refractivity contribution in [2.24, 2.45) is 40.6 Å². The predicted molar refractivity (Wildman–Crippen MR) is 224 cm³/mol. The van der Waals surface area contributed by atoms with Crippen molar-refractivity contribution in [3.05, 3.63) is 70.3 Å². The Hall–Kier alpha value is -5.75. The quantitative estimate of drug-likeness (QED) is 0.0648. The Labute approximate surface area is 342 Å². The molecule has 59 heavy (non-hydrogen) atoms. The van der Waals surface area contributed by atoms with Gasteiger partial charge in [0, 0.05) is 86.3 Å². The Balaban J connectivity index is 1.79. The summed E-state index contributed by atoms with van der Waals surface area (Å²) in [5.41, 5.74) is 1.82. The standard InChI is InChI=1S/C45H53N5O9/c1-22-12-10-13-23(2)45(57)48-39-40-38(47-33-19-16-28(21-50(33)40)20-46-49(7)8)37-35-29(17-18-31(53)36(37)43(39)56)24(3)34(32(58-9)15-11-14-30(35)52)44(59-27(6)51)26(5)42(55)25(4)41(22)54/h10-13,15-16,19-22,24-26,29,32,34,41-42,44,53-56H,14H2,1-9H3,(H,48,57)/b12-10+,15-11+,23-13-,46-20+/t22-,24?,25+,26+,29?,32-,34-,41-,42+,44-/m0/s1. The number of phenolic OH excluding ortho intramolecular Hbond substituents is 1. The number of ether oxygens (including phenoxy) is 2. The van der Waals surface area contributed by atoms with Gasteiger partial charge in [0.1, 0.15) is 28.5 Å². The average molecular weight is 808 g/mol. The van der Waals surface area contributed by atoms with Crippen LogP contribution in [0.2, 0.25) is 0 Å². The fourth-order valence-electron chi connectivity index (χ4n) is 8.61. The highest BCUT2D eigenvalue weighted by Crippen LogP contribution is 2.41. The Morgan fingerprint density at radius 3 is 2.46 bits per heavy atom. The number of amides is 1. The third-order valence-corrected chi connectivity index (χ3v) is 11.9. The van der Waals surface area contributed by atoms with E-state index < -0.39 is 83.3 Å². The van der Waals surface area contributed by atoms with Gasteiger partial charge in [0.25, 0.3) is 5.91 Å². The highest BCUT2D eigenvalue weighted by Gasteiger charge is 2.47. The maximum Gasteiger partial charge on any atom is 0.302 e. The molecular formula is C45H53N5O9. The minimum absolute atomic E-state index is 0.0763. The van der Waals surface area contributed by atoms with Gasteiger partial charge in [-0.2, -0.15) is 5.10 Å². The summed E-state index contributed by atoms with van der Waals surface area (Å²) in [4.78, 5) is 46.6. The summed E-state index contributed by atoms with van der Waals surface area (Å²) < 4.78 is 13.8. The number of nitrogens with one attached hydrogen (secondary N) is 1. The van der Waals surface area contributed by atoms with Crippen LogP contribution in [0.1, 0.15) is 53.5 Å². The summed E-state index contributed by atoms with van der Waals surface area (Å²) in [5, 5.41) is 56.4. The highest BCUT2D eigenvalue weighted by atomic mass is 16.5. The Morgan fingerprint density at radius 2 is 1.78 bits per heavy atom. The van der Waals surface area contributed by atoms with Crippen LogP contribution in [0, 0.1) is 47.3 Å². The molecule has 5 N–H and O–H groups in total. The number of aromatic hydroxyl groups is 1. The third-order valence-electron chi connectivity index (χ3n) is 11.9. The van der Waals surface area contributed by atoms with E-state index in [-0.39, 0.29) is 50.5 Å². The lowest BCUT2D eigenvalue weighted by Crippen LogP contribution is -2.50. The molecule has 2 aliphatic carbocycles. The molecule has 2 unspecified atom stereocenters. The first kappa shape index (κ1) is 42.8. The number of benzene rings is 1. The second kappa shape index (κ2) is 17.2. The van der Waals surface area contributed by atoms with Crippen molar-refractivity contribution in [2.45, 2.75) is 72.4 Å². The van der Waals surface area contributed by atoms with Crippen molar-refractivity contribution in [3.8, 4) is 17.6 Å². The maximum absolute atomic E-state index is 14.7. The van der Waals surface area contributed by atoms with E-state index in [0.717, 1.165) is 0 Å². The number of fused-ring (bicyclic) bond motifs is 6. The van der Waals surface area contributed by atoms with E-state index in [0.29, 0.717) is 11.2 Å². The van der Waals surface area contributed by atoms with Gasteiger partial charge in [-0.15, -0.1) is 0 Å². The summed E-state index contributed by atoms with van der Waals surface area (Å²) in [6.45, 7) is 9.96. The number of hydrogen-bond donors (Lipinski definition) is 5. The normalized spacial score (nSPS) is 31.1. The van der Waals surface area contributed by atoms with E-state index in [9.17, 15) is 34.8 Å². The molecule has 312 valence electrons. The van der Waals surface area contributed by atoms with Crippen LogP contribution in [-0.2, 0) is 23.9 Å². The lowest BCUT2D eigenvalue weighted by molar-refractivity contribution is -0.165. The van der Waals surface area contributed by atoms with Crippen LogP contribution in [0.25, 0.3) is 28.0 Å². The molecule has 6 bridgehead atoms. The van der Waals surface area contributed by atoms with Crippen LogP contribution in [0.4, 0.5) is 5.69 Å². The van der Waals surface area contributed by atoms with Gasteiger partial charge in [-0.05, 0) is 30.9 Å². The summed E-state index contributed by atoms with van der Waals surface area (Å²) in [7, 11) is 5.07. The zero-order chi connectivity index (χ0) is 43.0. The van der Waals surface area contributed by atoms with Gasteiger partial charge in [0.05, 0.1) is 35.7 Å². The predicted octanol–water partition coefficient (Wildman–Crippen LogP) is 3.35. The van der Waals surface area contributed by atoms with Crippen molar-refractivity contribution >= 4 is 57.6 Å². The first-order valence-corrected chi connectivity index (χ1v) is 19.8. The average Bonchev–Trinajstić information content (AvgIpc) is 3.51. The first-order valence-electron chi connectivity index (χ1n) is 19.8. The van der Waals surface area contributed by atoms with E-state index in [1.54, 1.807) is 106 Å². The van der Waals surface area contributed by atoms with E-state index in [1.165, 1.54) is 14.0 Å².